The van der Waals surface area contributed by atoms with Gasteiger partial charge in [-0.25, -0.2) is 0 Å². The average Bonchev–Trinajstić information content (AvgIpc) is 3.08. The van der Waals surface area contributed by atoms with E-state index in [1.54, 1.807) is 0 Å². The van der Waals surface area contributed by atoms with Gasteiger partial charge in [0.2, 0.25) is 0 Å². The molecule has 1 unspecified atom stereocenters. The molecule has 3 N–H and O–H groups in total. The van der Waals surface area contributed by atoms with Crippen molar-refractivity contribution in [1.29, 1.82) is 0 Å². The molecule has 2 aliphatic rings. The molecule has 2 heterocycles. The lowest BCUT2D eigenvalue weighted by Gasteiger charge is -2.33. The zero-order valence-corrected chi connectivity index (χ0v) is 17.0. The summed E-state index contributed by atoms with van der Waals surface area (Å²) in [5, 5.41) is 2.95. The minimum Gasteiger partial charge on any atom is -0.364 e. The minimum atomic E-state index is -0.368. The molecular formula is C19H31Cl2N3O2. The maximum Gasteiger partial charge on any atom is 0.253 e. The standard InChI is InChI=1S/C19H29N3O2.2ClH/c1-14-4-2-3-11-22(14)13-15-5-7-16(8-6-15)21-19(23)18-10-9-17(12-20)24-18;;/h5-8,14,17-18H,2-4,9-13,20H2,1H3,(H,21,23);2*1H/t14?,17-,18+;;/m1../s1. The molecule has 5 nitrogen and oxygen atoms in total. The number of rotatable bonds is 5. The van der Waals surface area contributed by atoms with E-state index in [9.17, 15) is 4.79 Å². The van der Waals surface area contributed by atoms with Gasteiger partial charge in [0.15, 0.2) is 0 Å². The molecule has 0 bridgehead atoms. The van der Waals surface area contributed by atoms with Crippen LogP contribution in [0.15, 0.2) is 24.3 Å². The van der Waals surface area contributed by atoms with Gasteiger partial charge in [0, 0.05) is 24.8 Å². The highest BCUT2D eigenvalue weighted by Crippen LogP contribution is 2.22. The second-order valence-corrected chi connectivity index (χ2v) is 7.06. The van der Waals surface area contributed by atoms with Gasteiger partial charge in [0.1, 0.15) is 6.10 Å². The third kappa shape index (κ3) is 6.10. The molecule has 0 aliphatic carbocycles. The zero-order chi connectivity index (χ0) is 16.9. The molecule has 1 amide bonds. The summed E-state index contributed by atoms with van der Waals surface area (Å²) < 4.78 is 5.64. The van der Waals surface area contributed by atoms with Gasteiger partial charge in [-0.3, -0.25) is 9.69 Å². The highest BCUT2D eigenvalue weighted by Gasteiger charge is 2.29. The number of hydrogen-bond donors (Lipinski definition) is 2. The zero-order valence-electron chi connectivity index (χ0n) is 15.4. The molecule has 7 heteroatoms. The van der Waals surface area contributed by atoms with Gasteiger partial charge < -0.3 is 15.8 Å². The Hall–Kier alpha value is -0.850. The summed E-state index contributed by atoms with van der Waals surface area (Å²) in [5.41, 5.74) is 7.71. The molecular weight excluding hydrogens is 373 g/mol. The summed E-state index contributed by atoms with van der Waals surface area (Å²) in [6, 6.07) is 8.84. The minimum absolute atomic E-state index is 0. The Morgan fingerprint density at radius 1 is 1.19 bits per heavy atom. The number of piperidine rings is 1. The number of carbonyl (C=O) groups excluding carboxylic acids is 1. The Balaban J connectivity index is 0.00000169. The second kappa shape index (κ2) is 11.1. The van der Waals surface area contributed by atoms with Crippen LogP contribution in [0.2, 0.25) is 0 Å². The maximum absolute atomic E-state index is 12.2. The fourth-order valence-electron chi connectivity index (χ4n) is 3.62. The van der Waals surface area contributed by atoms with E-state index in [0.29, 0.717) is 12.6 Å². The normalized spacial score (nSPS) is 25.8. The molecule has 0 aromatic heterocycles. The van der Waals surface area contributed by atoms with E-state index in [4.69, 9.17) is 10.5 Å². The van der Waals surface area contributed by atoms with Crippen molar-refractivity contribution >= 4 is 36.4 Å². The van der Waals surface area contributed by atoms with Crippen molar-refractivity contribution in [3.8, 4) is 0 Å². The van der Waals surface area contributed by atoms with Crippen LogP contribution in [0.4, 0.5) is 5.69 Å². The fourth-order valence-corrected chi connectivity index (χ4v) is 3.62. The second-order valence-electron chi connectivity index (χ2n) is 7.06. The van der Waals surface area contributed by atoms with Gasteiger partial charge in [-0.2, -0.15) is 0 Å². The number of nitrogens with zero attached hydrogens (tertiary/aromatic N) is 1. The average molecular weight is 404 g/mol. The van der Waals surface area contributed by atoms with Crippen LogP contribution in [-0.2, 0) is 16.1 Å². The Bertz CT molecular complexity index is 556. The Labute approximate surface area is 168 Å². The van der Waals surface area contributed by atoms with Crippen LogP contribution in [0.1, 0.15) is 44.6 Å². The highest BCUT2D eigenvalue weighted by atomic mass is 35.5. The summed E-state index contributed by atoms with van der Waals surface area (Å²) >= 11 is 0. The summed E-state index contributed by atoms with van der Waals surface area (Å²) in [5.74, 6) is -0.0663. The first-order valence-corrected chi connectivity index (χ1v) is 9.15. The number of likely N-dealkylation sites (tertiary alicyclic amines) is 1. The lowest BCUT2D eigenvalue weighted by molar-refractivity contribution is -0.126. The molecule has 0 spiro atoms. The van der Waals surface area contributed by atoms with E-state index in [0.717, 1.165) is 25.1 Å². The van der Waals surface area contributed by atoms with Crippen molar-refractivity contribution in [2.24, 2.45) is 5.73 Å². The van der Waals surface area contributed by atoms with Gasteiger partial charge in [-0.15, -0.1) is 24.8 Å². The molecule has 2 saturated heterocycles. The number of hydrogen-bond acceptors (Lipinski definition) is 4. The lowest BCUT2D eigenvalue weighted by atomic mass is 10.0. The van der Waals surface area contributed by atoms with E-state index in [1.807, 2.05) is 12.1 Å². The summed E-state index contributed by atoms with van der Waals surface area (Å²) in [7, 11) is 0. The molecule has 148 valence electrons. The number of anilines is 1. The monoisotopic (exact) mass is 403 g/mol. The Morgan fingerprint density at radius 3 is 2.54 bits per heavy atom. The molecule has 3 rings (SSSR count). The van der Waals surface area contributed by atoms with Crippen LogP contribution in [-0.4, -0.2) is 42.1 Å². The number of carbonyl (C=O) groups is 1. The first-order valence-electron chi connectivity index (χ1n) is 9.15. The van der Waals surface area contributed by atoms with Crippen LogP contribution in [0.5, 0.6) is 0 Å². The van der Waals surface area contributed by atoms with Gasteiger partial charge in [-0.1, -0.05) is 18.6 Å². The van der Waals surface area contributed by atoms with E-state index in [1.165, 1.54) is 31.4 Å². The van der Waals surface area contributed by atoms with E-state index >= 15 is 0 Å². The highest BCUT2D eigenvalue weighted by molar-refractivity contribution is 5.94. The number of nitrogens with two attached hydrogens (primary N) is 1. The predicted molar refractivity (Wildman–Crippen MR) is 110 cm³/mol. The third-order valence-electron chi connectivity index (χ3n) is 5.21. The molecule has 2 aliphatic heterocycles. The van der Waals surface area contributed by atoms with E-state index in [-0.39, 0.29) is 42.9 Å². The molecule has 2 fully saturated rings. The number of ether oxygens (including phenoxy) is 1. The SMILES string of the molecule is CC1CCCCN1Cc1ccc(NC(=O)[C@@H]2CC[C@H](CN)O2)cc1.Cl.Cl. The van der Waals surface area contributed by atoms with Crippen LogP contribution >= 0.6 is 24.8 Å². The van der Waals surface area contributed by atoms with Crippen molar-refractivity contribution < 1.29 is 9.53 Å². The van der Waals surface area contributed by atoms with E-state index in [2.05, 4.69) is 29.3 Å². The predicted octanol–water partition coefficient (Wildman–Crippen LogP) is 3.35. The van der Waals surface area contributed by atoms with Gasteiger partial charge in [0.25, 0.3) is 5.91 Å². The Kier molecular flexibility index (Phi) is 9.90. The first-order chi connectivity index (χ1) is 11.7. The van der Waals surface area contributed by atoms with Crippen molar-refractivity contribution in [3.05, 3.63) is 29.8 Å². The van der Waals surface area contributed by atoms with Crippen molar-refractivity contribution in [3.63, 3.8) is 0 Å². The largest absolute Gasteiger partial charge is 0.364 e. The fraction of sp³-hybridized carbons (Fsp3) is 0.632. The topological polar surface area (TPSA) is 67.6 Å². The molecule has 1 aromatic carbocycles. The van der Waals surface area contributed by atoms with Crippen molar-refractivity contribution in [1.82, 2.24) is 4.90 Å². The smallest absolute Gasteiger partial charge is 0.253 e. The van der Waals surface area contributed by atoms with Crippen LogP contribution in [0.3, 0.4) is 0 Å². The van der Waals surface area contributed by atoms with Gasteiger partial charge in [0.05, 0.1) is 6.10 Å². The quantitative estimate of drug-likeness (QED) is 0.790. The van der Waals surface area contributed by atoms with Crippen LogP contribution < -0.4 is 11.1 Å². The Morgan fingerprint density at radius 2 is 1.92 bits per heavy atom. The molecule has 26 heavy (non-hydrogen) atoms. The molecule has 1 aromatic rings. The number of amides is 1. The number of halogens is 2. The van der Waals surface area contributed by atoms with E-state index < -0.39 is 0 Å². The lowest BCUT2D eigenvalue weighted by Crippen LogP contribution is -2.36. The number of nitrogens with one attached hydrogen (secondary N) is 1. The third-order valence-corrected chi connectivity index (χ3v) is 5.21. The number of benzene rings is 1. The van der Waals surface area contributed by atoms with Crippen molar-refractivity contribution in [2.45, 2.75) is 63.8 Å². The van der Waals surface area contributed by atoms with Crippen molar-refractivity contribution in [2.75, 3.05) is 18.4 Å². The van der Waals surface area contributed by atoms with Gasteiger partial charge >= 0.3 is 0 Å². The molecule has 0 saturated carbocycles. The maximum atomic E-state index is 12.2. The summed E-state index contributed by atoms with van der Waals surface area (Å²) in [6.45, 7) is 4.96. The van der Waals surface area contributed by atoms with Gasteiger partial charge in [-0.05, 0) is 56.8 Å². The summed E-state index contributed by atoms with van der Waals surface area (Å²) in [6.07, 6.45) is 5.20. The molecule has 3 atom stereocenters. The molecule has 0 radical (unpaired) electrons. The van der Waals surface area contributed by atoms with Crippen LogP contribution in [0.25, 0.3) is 0 Å². The summed E-state index contributed by atoms with van der Waals surface area (Å²) in [4.78, 5) is 14.8. The first kappa shape index (κ1) is 23.2. The van der Waals surface area contributed by atoms with Crippen LogP contribution in [0, 0.1) is 0 Å².